The minimum absolute atomic E-state index is 0.0243. The molecule has 0 fully saturated rings. The van der Waals surface area contributed by atoms with Crippen molar-refractivity contribution in [2.45, 2.75) is 57.5 Å². The zero-order chi connectivity index (χ0) is 22.3. The Hall–Kier alpha value is -2.64. The van der Waals surface area contributed by atoms with Crippen LogP contribution < -0.4 is 11.1 Å². The van der Waals surface area contributed by atoms with E-state index in [-0.39, 0.29) is 17.8 Å². The second-order valence-electron chi connectivity index (χ2n) is 7.17. The van der Waals surface area contributed by atoms with Crippen LogP contribution >= 0.6 is 0 Å². The number of nitrogens with two attached hydrogens (primary N) is 1. The van der Waals surface area contributed by atoms with Gasteiger partial charge in [0.1, 0.15) is 6.17 Å². The minimum Gasteiger partial charge on any atom is -0.397 e. The highest BCUT2D eigenvalue weighted by atomic mass is 19.4. The van der Waals surface area contributed by atoms with Crippen LogP contribution in [0.25, 0.3) is 0 Å². The quantitative estimate of drug-likeness (QED) is 0.387. The number of halogens is 5. The van der Waals surface area contributed by atoms with Gasteiger partial charge in [-0.25, -0.2) is 8.78 Å². The maximum Gasteiger partial charge on any atom is 0.416 e. The van der Waals surface area contributed by atoms with E-state index in [0.717, 1.165) is 23.3 Å². The summed E-state index contributed by atoms with van der Waals surface area (Å²) < 4.78 is 65.5. The normalized spacial score (nSPS) is 13.7. The largest absolute Gasteiger partial charge is 0.416 e. The van der Waals surface area contributed by atoms with Gasteiger partial charge in [-0.15, -0.1) is 0 Å². The van der Waals surface area contributed by atoms with Gasteiger partial charge in [0, 0.05) is 0 Å². The van der Waals surface area contributed by atoms with Crippen molar-refractivity contribution in [1.29, 1.82) is 0 Å². The minimum atomic E-state index is -4.37. The lowest BCUT2D eigenvalue weighted by Gasteiger charge is -2.15. The number of aryl methyl sites for hydroxylation is 2. The van der Waals surface area contributed by atoms with Gasteiger partial charge in [-0.3, -0.25) is 4.79 Å². The Labute approximate surface area is 172 Å². The van der Waals surface area contributed by atoms with Crippen molar-refractivity contribution in [3.63, 3.8) is 0 Å². The molecule has 30 heavy (non-hydrogen) atoms. The Morgan fingerprint density at radius 1 is 1.03 bits per heavy atom. The van der Waals surface area contributed by atoms with Crippen LogP contribution in [0.4, 0.5) is 33.3 Å². The number of amides is 1. The van der Waals surface area contributed by atoms with E-state index in [1.165, 1.54) is 18.2 Å². The van der Waals surface area contributed by atoms with E-state index >= 15 is 0 Å². The molecule has 0 heterocycles. The van der Waals surface area contributed by atoms with Gasteiger partial charge in [0.2, 0.25) is 6.17 Å². The number of hydrogen-bond donors (Lipinski definition) is 2. The van der Waals surface area contributed by atoms with Crippen LogP contribution in [0.3, 0.4) is 0 Å². The van der Waals surface area contributed by atoms with Crippen LogP contribution in [-0.4, -0.2) is 18.3 Å². The Bertz CT molecular complexity index is 836. The fraction of sp³-hybridized carbons (Fsp3) is 0.409. The van der Waals surface area contributed by atoms with E-state index < -0.39 is 30.0 Å². The number of nitrogens with one attached hydrogen (secondary N) is 1. The second kappa shape index (κ2) is 10.4. The van der Waals surface area contributed by atoms with Gasteiger partial charge >= 0.3 is 6.18 Å². The number of carbonyl (C=O) groups excluding carboxylic acids is 1. The number of rotatable bonds is 9. The summed E-state index contributed by atoms with van der Waals surface area (Å²) in [6.45, 7) is 1.85. The standard InChI is InChI=1S/C22H25F5N2O/c1-2-3-4-17(23)20(24)21(30)29-19-12-9-15(13-18(19)28)6-5-14-7-10-16(11-8-14)22(25,26)27/h7-13,17,20H,2-6,28H2,1H3,(H,29,30)/t17-,20-/m0/s1. The molecule has 0 bridgehead atoms. The number of alkyl halides is 5. The Kier molecular flexibility index (Phi) is 8.20. The predicted octanol–water partition coefficient (Wildman–Crippen LogP) is 5.88. The summed E-state index contributed by atoms with van der Waals surface area (Å²) >= 11 is 0. The lowest BCUT2D eigenvalue weighted by atomic mass is 10.0. The molecule has 8 heteroatoms. The van der Waals surface area contributed by atoms with Crippen molar-refractivity contribution >= 4 is 17.3 Å². The van der Waals surface area contributed by atoms with E-state index in [1.54, 1.807) is 12.1 Å². The average Bonchev–Trinajstić information content (AvgIpc) is 2.71. The zero-order valence-electron chi connectivity index (χ0n) is 16.6. The number of unbranched alkanes of at least 4 members (excludes halogenated alkanes) is 1. The Morgan fingerprint density at radius 3 is 2.20 bits per heavy atom. The maximum absolute atomic E-state index is 13.9. The van der Waals surface area contributed by atoms with Crippen molar-refractivity contribution in [2.24, 2.45) is 0 Å². The molecular weight excluding hydrogens is 403 g/mol. The summed E-state index contributed by atoms with van der Waals surface area (Å²) in [7, 11) is 0. The summed E-state index contributed by atoms with van der Waals surface area (Å²) in [5.74, 6) is -1.08. The first-order valence-corrected chi connectivity index (χ1v) is 9.75. The molecule has 0 spiro atoms. The van der Waals surface area contributed by atoms with Gasteiger partial charge in [-0.05, 0) is 54.7 Å². The molecule has 0 unspecified atom stereocenters. The molecule has 164 valence electrons. The third-order valence-corrected chi connectivity index (χ3v) is 4.76. The Balaban J connectivity index is 1.94. The highest BCUT2D eigenvalue weighted by molar-refractivity contribution is 5.97. The van der Waals surface area contributed by atoms with E-state index in [4.69, 9.17) is 5.73 Å². The van der Waals surface area contributed by atoms with E-state index in [0.29, 0.717) is 25.7 Å². The molecule has 3 N–H and O–H groups in total. The molecule has 2 rings (SSSR count). The molecule has 2 aromatic carbocycles. The maximum atomic E-state index is 13.9. The van der Waals surface area contributed by atoms with Gasteiger partial charge in [-0.1, -0.05) is 38.0 Å². The predicted molar refractivity (Wildman–Crippen MR) is 108 cm³/mol. The van der Waals surface area contributed by atoms with Crippen LogP contribution in [0.2, 0.25) is 0 Å². The topological polar surface area (TPSA) is 55.1 Å². The van der Waals surface area contributed by atoms with E-state index in [9.17, 15) is 26.7 Å². The molecule has 0 aliphatic carbocycles. The fourth-order valence-electron chi connectivity index (χ4n) is 2.94. The zero-order valence-corrected chi connectivity index (χ0v) is 16.6. The molecular formula is C22H25F5N2O. The highest BCUT2D eigenvalue weighted by Crippen LogP contribution is 2.29. The van der Waals surface area contributed by atoms with Crippen molar-refractivity contribution in [3.05, 3.63) is 59.2 Å². The second-order valence-corrected chi connectivity index (χ2v) is 7.17. The van der Waals surface area contributed by atoms with Crippen molar-refractivity contribution in [3.8, 4) is 0 Å². The first kappa shape index (κ1) is 23.6. The van der Waals surface area contributed by atoms with E-state index in [2.05, 4.69) is 5.32 Å². The molecule has 0 aliphatic heterocycles. The first-order chi connectivity index (χ1) is 14.1. The van der Waals surface area contributed by atoms with Crippen molar-refractivity contribution < 1.29 is 26.7 Å². The van der Waals surface area contributed by atoms with Crippen molar-refractivity contribution in [2.75, 3.05) is 11.1 Å². The van der Waals surface area contributed by atoms with Crippen molar-refractivity contribution in [1.82, 2.24) is 0 Å². The van der Waals surface area contributed by atoms with Gasteiger partial charge in [-0.2, -0.15) is 13.2 Å². The van der Waals surface area contributed by atoms with Gasteiger partial charge in [0.05, 0.1) is 16.9 Å². The molecule has 0 saturated heterocycles. The highest BCUT2D eigenvalue weighted by Gasteiger charge is 2.30. The van der Waals surface area contributed by atoms with E-state index in [1.807, 2.05) is 6.92 Å². The van der Waals surface area contributed by atoms with Crippen LogP contribution in [0, 0.1) is 0 Å². The smallest absolute Gasteiger partial charge is 0.397 e. The number of nitrogen functional groups attached to an aromatic ring is 1. The summed E-state index contributed by atoms with van der Waals surface area (Å²) in [4.78, 5) is 11.9. The third-order valence-electron chi connectivity index (χ3n) is 4.76. The van der Waals surface area contributed by atoms with Gasteiger partial charge < -0.3 is 11.1 Å². The molecule has 2 aromatic rings. The van der Waals surface area contributed by atoms with Crippen LogP contribution in [-0.2, 0) is 23.8 Å². The lowest BCUT2D eigenvalue weighted by Crippen LogP contribution is -2.32. The summed E-state index contributed by atoms with van der Waals surface area (Å²) in [5, 5.41) is 2.30. The van der Waals surface area contributed by atoms with Gasteiger partial charge in [0.25, 0.3) is 5.91 Å². The number of carbonyl (C=O) groups is 1. The summed E-state index contributed by atoms with van der Waals surface area (Å²) in [5.41, 5.74) is 7.12. The molecule has 3 nitrogen and oxygen atoms in total. The third kappa shape index (κ3) is 6.71. The summed E-state index contributed by atoms with van der Waals surface area (Å²) in [6.07, 6.45) is -6.33. The van der Waals surface area contributed by atoms with Crippen LogP contribution in [0.15, 0.2) is 42.5 Å². The monoisotopic (exact) mass is 428 g/mol. The van der Waals surface area contributed by atoms with Crippen LogP contribution in [0.5, 0.6) is 0 Å². The van der Waals surface area contributed by atoms with Crippen LogP contribution in [0.1, 0.15) is 42.9 Å². The summed E-state index contributed by atoms with van der Waals surface area (Å²) in [6, 6.07) is 9.69. The first-order valence-electron chi connectivity index (χ1n) is 9.75. The lowest BCUT2D eigenvalue weighted by molar-refractivity contribution is -0.137. The molecule has 0 aliphatic rings. The molecule has 1 amide bonds. The number of hydrogen-bond acceptors (Lipinski definition) is 2. The molecule has 0 saturated carbocycles. The molecule has 0 radical (unpaired) electrons. The van der Waals surface area contributed by atoms with Gasteiger partial charge in [0.15, 0.2) is 0 Å². The SMILES string of the molecule is CCCC[C@H](F)[C@H](F)C(=O)Nc1ccc(CCc2ccc(C(F)(F)F)cc2)cc1N. The molecule has 2 atom stereocenters. The average molecular weight is 428 g/mol. The number of benzene rings is 2. The Morgan fingerprint density at radius 2 is 1.63 bits per heavy atom. The molecule has 0 aromatic heterocycles. The number of anilines is 2. The fourth-order valence-corrected chi connectivity index (χ4v) is 2.94.